The quantitative estimate of drug-likeness (QED) is 0.730. The number of aliphatic hydroxyl groups is 1. The number of hydrogen-bond donors (Lipinski definition) is 3. The molecule has 1 heterocycles. The first-order chi connectivity index (χ1) is 10.6. The second-order valence-electron chi connectivity index (χ2n) is 5.99. The highest BCUT2D eigenvalue weighted by atomic mass is 19.1. The molecule has 2 saturated carbocycles. The normalized spacial score (nSPS) is 20.1. The summed E-state index contributed by atoms with van der Waals surface area (Å²) in [7, 11) is 0. The number of ether oxygens (including phenoxy) is 1. The SMILES string of the molecule is O=C(NC1CC2(CC2)C1)NC(CO)c1cc(OCF)ncn1. The molecule has 7 nitrogen and oxygen atoms in total. The van der Waals surface area contributed by atoms with Crippen molar-refractivity contribution in [3.8, 4) is 5.88 Å². The Labute approximate surface area is 127 Å². The van der Waals surface area contributed by atoms with Crippen LogP contribution in [0, 0.1) is 5.41 Å². The zero-order valence-corrected chi connectivity index (χ0v) is 12.1. The summed E-state index contributed by atoms with van der Waals surface area (Å²) in [5, 5.41) is 15.0. The van der Waals surface area contributed by atoms with Gasteiger partial charge in [-0.15, -0.1) is 0 Å². The molecular formula is C14H19FN4O3. The topological polar surface area (TPSA) is 96.4 Å². The Hall–Kier alpha value is -1.96. The maximum Gasteiger partial charge on any atom is 0.315 e. The van der Waals surface area contributed by atoms with Crippen molar-refractivity contribution >= 4 is 6.03 Å². The summed E-state index contributed by atoms with van der Waals surface area (Å²) in [5.41, 5.74) is 0.878. The van der Waals surface area contributed by atoms with Gasteiger partial charge in [-0.05, 0) is 31.1 Å². The van der Waals surface area contributed by atoms with Gasteiger partial charge in [0.1, 0.15) is 6.33 Å². The number of amides is 2. The Morgan fingerprint density at radius 3 is 2.91 bits per heavy atom. The van der Waals surface area contributed by atoms with Gasteiger partial charge in [0.05, 0.1) is 18.3 Å². The van der Waals surface area contributed by atoms with Crippen LogP contribution in [0.15, 0.2) is 12.4 Å². The molecule has 1 aromatic heterocycles. The zero-order valence-electron chi connectivity index (χ0n) is 12.1. The van der Waals surface area contributed by atoms with Gasteiger partial charge in [0.15, 0.2) is 0 Å². The first-order valence-electron chi connectivity index (χ1n) is 7.33. The molecule has 1 atom stereocenters. The van der Waals surface area contributed by atoms with Crippen LogP contribution in [0.25, 0.3) is 0 Å². The Bertz CT molecular complexity index is 545. The van der Waals surface area contributed by atoms with Crippen LogP contribution in [-0.4, -0.2) is 40.6 Å². The van der Waals surface area contributed by atoms with Gasteiger partial charge in [-0.1, -0.05) is 0 Å². The molecule has 8 heteroatoms. The summed E-state index contributed by atoms with van der Waals surface area (Å²) in [6.07, 6.45) is 5.80. The molecule has 22 heavy (non-hydrogen) atoms. The third kappa shape index (κ3) is 3.27. The lowest BCUT2D eigenvalue weighted by Gasteiger charge is -2.36. The summed E-state index contributed by atoms with van der Waals surface area (Å²) in [4.78, 5) is 19.7. The fraction of sp³-hybridized carbons (Fsp3) is 0.643. The molecule has 1 unspecified atom stereocenters. The molecule has 0 bridgehead atoms. The first-order valence-corrected chi connectivity index (χ1v) is 7.33. The van der Waals surface area contributed by atoms with Crippen LogP contribution in [0.5, 0.6) is 5.88 Å². The predicted molar refractivity (Wildman–Crippen MR) is 74.8 cm³/mol. The van der Waals surface area contributed by atoms with Gasteiger partial charge in [0, 0.05) is 12.1 Å². The highest BCUT2D eigenvalue weighted by molar-refractivity contribution is 5.75. The Balaban J connectivity index is 1.54. The summed E-state index contributed by atoms with van der Waals surface area (Å²) in [5.74, 6) is 0.0582. The first kappa shape index (κ1) is 15.0. The number of alkyl halides is 1. The number of aliphatic hydroxyl groups excluding tert-OH is 1. The molecule has 2 aliphatic carbocycles. The molecule has 2 aliphatic rings. The number of rotatable bonds is 6. The molecule has 3 N–H and O–H groups in total. The fourth-order valence-corrected chi connectivity index (χ4v) is 2.95. The van der Waals surface area contributed by atoms with Gasteiger partial charge < -0.3 is 20.5 Å². The number of nitrogens with one attached hydrogen (secondary N) is 2. The van der Waals surface area contributed by atoms with E-state index in [1.54, 1.807) is 0 Å². The number of halogens is 1. The van der Waals surface area contributed by atoms with E-state index >= 15 is 0 Å². The molecule has 3 rings (SSSR count). The van der Waals surface area contributed by atoms with E-state index in [1.807, 2.05) is 0 Å². The van der Waals surface area contributed by atoms with Crippen LogP contribution in [-0.2, 0) is 0 Å². The number of carbonyl (C=O) groups excluding carboxylic acids is 1. The average molecular weight is 310 g/mol. The molecule has 2 fully saturated rings. The van der Waals surface area contributed by atoms with Gasteiger partial charge >= 0.3 is 6.03 Å². The summed E-state index contributed by atoms with van der Waals surface area (Å²) >= 11 is 0. The minimum atomic E-state index is -1.00. The summed E-state index contributed by atoms with van der Waals surface area (Å²) in [6.45, 7) is -1.33. The Morgan fingerprint density at radius 2 is 2.27 bits per heavy atom. The van der Waals surface area contributed by atoms with Gasteiger partial charge in [-0.25, -0.2) is 19.2 Å². The number of hydrogen-bond acceptors (Lipinski definition) is 5. The van der Waals surface area contributed by atoms with Gasteiger partial charge in [0.25, 0.3) is 0 Å². The van der Waals surface area contributed by atoms with Crippen molar-refractivity contribution in [2.75, 3.05) is 13.5 Å². The van der Waals surface area contributed by atoms with Crippen LogP contribution in [0.1, 0.15) is 37.4 Å². The molecular weight excluding hydrogens is 291 g/mol. The van der Waals surface area contributed by atoms with Crippen LogP contribution in [0.2, 0.25) is 0 Å². The Morgan fingerprint density at radius 1 is 1.50 bits per heavy atom. The molecule has 1 spiro atoms. The lowest BCUT2D eigenvalue weighted by atomic mass is 9.77. The predicted octanol–water partition coefficient (Wildman–Crippen LogP) is 1.06. The minimum Gasteiger partial charge on any atom is -0.446 e. The van der Waals surface area contributed by atoms with E-state index in [-0.39, 0.29) is 24.6 Å². The van der Waals surface area contributed by atoms with E-state index in [0.717, 1.165) is 12.8 Å². The maximum atomic E-state index is 12.1. The van der Waals surface area contributed by atoms with Crippen molar-refractivity contribution in [1.82, 2.24) is 20.6 Å². The van der Waals surface area contributed by atoms with Crippen molar-refractivity contribution in [3.05, 3.63) is 18.1 Å². The second-order valence-corrected chi connectivity index (χ2v) is 5.99. The van der Waals surface area contributed by atoms with Crippen molar-refractivity contribution in [1.29, 1.82) is 0 Å². The minimum absolute atomic E-state index is 0.0582. The van der Waals surface area contributed by atoms with E-state index in [9.17, 15) is 14.3 Å². The fourth-order valence-electron chi connectivity index (χ4n) is 2.95. The largest absolute Gasteiger partial charge is 0.446 e. The van der Waals surface area contributed by atoms with Crippen molar-refractivity contribution < 1.29 is 19.0 Å². The smallest absolute Gasteiger partial charge is 0.315 e. The van der Waals surface area contributed by atoms with Crippen molar-refractivity contribution in [2.45, 2.75) is 37.8 Å². The van der Waals surface area contributed by atoms with E-state index < -0.39 is 12.9 Å². The monoisotopic (exact) mass is 310 g/mol. The average Bonchev–Trinajstić information content (AvgIpc) is 3.26. The van der Waals surface area contributed by atoms with E-state index in [2.05, 4.69) is 25.3 Å². The number of urea groups is 1. The number of carbonyl (C=O) groups is 1. The van der Waals surface area contributed by atoms with E-state index in [1.165, 1.54) is 25.2 Å². The third-order valence-corrected chi connectivity index (χ3v) is 4.36. The number of nitrogens with zero attached hydrogens (tertiary/aromatic N) is 2. The molecule has 120 valence electrons. The molecule has 0 radical (unpaired) electrons. The second kappa shape index (κ2) is 6.04. The van der Waals surface area contributed by atoms with Crippen LogP contribution in [0.4, 0.5) is 9.18 Å². The standard InChI is InChI=1S/C14H19FN4O3/c15-7-22-12-3-10(16-8-17-12)11(6-20)19-13(21)18-9-4-14(5-9)1-2-14/h3,8-9,11,20H,1-2,4-7H2,(H2,18,19,21). The van der Waals surface area contributed by atoms with Gasteiger partial charge in [-0.3, -0.25) is 0 Å². The maximum absolute atomic E-state index is 12.1. The lowest BCUT2D eigenvalue weighted by molar-refractivity contribution is 0.178. The zero-order chi connectivity index (χ0) is 15.6. The van der Waals surface area contributed by atoms with Gasteiger partial charge in [0.2, 0.25) is 12.7 Å². The molecule has 0 aliphatic heterocycles. The molecule has 2 amide bonds. The van der Waals surface area contributed by atoms with Crippen LogP contribution >= 0.6 is 0 Å². The van der Waals surface area contributed by atoms with E-state index in [4.69, 9.17) is 0 Å². The van der Waals surface area contributed by atoms with Crippen molar-refractivity contribution in [3.63, 3.8) is 0 Å². The lowest BCUT2D eigenvalue weighted by Crippen LogP contribution is -2.50. The summed E-state index contributed by atoms with van der Waals surface area (Å²) in [6, 6.07) is 0.562. The molecule has 0 aromatic carbocycles. The molecule has 0 saturated heterocycles. The van der Waals surface area contributed by atoms with Crippen LogP contribution < -0.4 is 15.4 Å². The van der Waals surface area contributed by atoms with Gasteiger partial charge in [-0.2, -0.15) is 0 Å². The van der Waals surface area contributed by atoms with E-state index in [0.29, 0.717) is 11.1 Å². The van der Waals surface area contributed by atoms with Crippen LogP contribution in [0.3, 0.4) is 0 Å². The Kier molecular flexibility index (Phi) is 4.10. The highest BCUT2D eigenvalue weighted by Crippen LogP contribution is 2.60. The molecule has 1 aromatic rings. The van der Waals surface area contributed by atoms with Crippen molar-refractivity contribution in [2.24, 2.45) is 5.41 Å². The summed E-state index contributed by atoms with van der Waals surface area (Å²) < 4.78 is 16.8. The third-order valence-electron chi connectivity index (χ3n) is 4.36. The number of aromatic nitrogens is 2. The highest BCUT2D eigenvalue weighted by Gasteiger charge is 2.53.